The summed E-state index contributed by atoms with van der Waals surface area (Å²) in [6.07, 6.45) is -0.728. The van der Waals surface area contributed by atoms with Crippen molar-refractivity contribution in [1.82, 2.24) is 10.6 Å². The van der Waals surface area contributed by atoms with E-state index in [9.17, 15) is 14.7 Å². The Bertz CT molecular complexity index is 181. The molecule has 14 heavy (non-hydrogen) atoms. The molecular weight excluding hydrogens is 414 g/mol. The molecule has 0 fully saturated rings. The third-order valence-electron chi connectivity index (χ3n) is 1.31. The molecule has 82 valence electrons. The van der Waals surface area contributed by atoms with E-state index in [1.165, 1.54) is 0 Å². The maximum Gasteiger partial charge on any atom is 0.229 e. The Morgan fingerprint density at radius 3 is 1.71 bits per heavy atom. The van der Waals surface area contributed by atoms with Crippen LogP contribution < -0.4 is 10.6 Å². The first-order valence-corrected chi connectivity index (χ1v) is 6.98. The molecule has 2 amide bonds. The normalized spacial score (nSPS) is 10.0. The lowest BCUT2D eigenvalue weighted by Crippen LogP contribution is -2.40. The average molecular weight is 426 g/mol. The van der Waals surface area contributed by atoms with Crippen LogP contribution >= 0.6 is 45.2 Å². The molecule has 0 bridgehead atoms. The second-order valence-electron chi connectivity index (χ2n) is 2.53. The maximum atomic E-state index is 10.8. The highest BCUT2D eigenvalue weighted by molar-refractivity contribution is 14.1. The van der Waals surface area contributed by atoms with E-state index in [0.717, 1.165) is 0 Å². The predicted molar refractivity (Wildman–Crippen MR) is 69.8 cm³/mol. The molecule has 7 heteroatoms. The standard InChI is InChI=1S/C7H12I2N2O3/c8-1-6(13)10-3-5(12)4-11-7(14)2-9/h5,12H,1-4H2,(H,10,13)(H,11,14). The number of aliphatic hydroxyl groups is 1. The number of carbonyl (C=O) groups is 2. The molecule has 0 rings (SSSR count). The lowest BCUT2D eigenvalue weighted by molar-refractivity contribution is -0.118. The highest BCUT2D eigenvalue weighted by Gasteiger charge is 2.07. The van der Waals surface area contributed by atoms with Crippen LogP contribution in [0, 0.1) is 0 Å². The first kappa shape index (κ1) is 14.4. The molecule has 0 aliphatic carbocycles. The van der Waals surface area contributed by atoms with Crippen LogP contribution in [-0.4, -0.2) is 45.0 Å². The first-order valence-electron chi connectivity index (χ1n) is 3.93. The highest BCUT2D eigenvalue weighted by atomic mass is 127. The zero-order valence-electron chi connectivity index (χ0n) is 7.43. The number of amides is 2. The van der Waals surface area contributed by atoms with Gasteiger partial charge in [-0.25, -0.2) is 0 Å². The molecule has 0 atom stereocenters. The van der Waals surface area contributed by atoms with E-state index >= 15 is 0 Å². The van der Waals surface area contributed by atoms with Gasteiger partial charge >= 0.3 is 0 Å². The van der Waals surface area contributed by atoms with E-state index in [2.05, 4.69) is 10.6 Å². The van der Waals surface area contributed by atoms with Gasteiger partial charge in [0, 0.05) is 13.1 Å². The summed E-state index contributed by atoms with van der Waals surface area (Å²) < 4.78 is 0.731. The summed E-state index contributed by atoms with van der Waals surface area (Å²) in [6, 6.07) is 0. The van der Waals surface area contributed by atoms with E-state index in [-0.39, 0.29) is 24.9 Å². The van der Waals surface area contributed by atoms with Crippen LogP contribution in [-0.2, 0) is 9.59 Å². The number of nitrogens with one attached hydrogen (secondary N) is 2. The Balaban J connectivity index is 3.50. The van der Waals surface area contributed by atoms with Gasteiger partial charge in [0.25, 0.3) is 0 Å². The zero-order valence-corrected chi connectivity index (χ0v) is 11.7. The van der Waals surface area contributed by atoms with Gasteiger partial charge in [-0.15, -0.1) is 0 Å². The average Bonchev–Trinajstić information content (AvgIpc) is 2.22. The summed E-state index contributed by atoms with van der Waals surface area (Å²) in [5.41, 5.74) is 0. The van der Waals surface area contributed by atoms with Crippen molar-refractivity contribution in [2.75, 3.05) is 21.9 Å². The molecule has 0 aliphatic rings. The molecular formula is C7H12I2N2O3. The van der Waals surface area contributed by atoms with E-state index in [4.69, 9.17) is 0 Å². The Kier molecular flexibility index (Phi) is 8.87. The Hall–Kier alpha value is 0.360. The topological polar surface area (TPSA) is 78.4 Å². The van der Waals surface area contributed by atoms with Gasteiger partial charge in [0.05, 0.1) is 15.0 Å². The van der Waals surface area contributed by atoms with Crippen LogP contribution in [0.1, 0.15) is 0 Å². The summed E-state index contributed by atoms with van der Waals surface area (Å²) in [6.45, 7) is 0.340. The number of rotatable bonds is 6. The van der Waals surface area contributed by atoms with Crippen molar-refractivity contribution in [1.29, 1.82) is 0 Å². The fourth-order valence-corrected chi connectivity index (χ4v) is 1.17. The number of hydrogen-bond donors (Lipinski definition) is 3. The van der Waals surface area contributed by atoms with Gasteiger partial charge in [-0.1, -0.05) is 45.2 Å². The Labute approximate surface area is 110 Å². The molecule has 0 aromatic carbocycles. The smallest absolute Gasteiger partial charge is 0.229 e. The van der Waals surface area contributed by atoms with Crippen molar-refractivity contribution in [2.45, 2.75) is 6.10 Å². The number of halogens is 2. The third-order valence-corrected chi connectivity index (χ3v) is 2.70. The van der Waals surface area contributed by atoms with Gasteiger partial charge in [0.15, 0.2) is 0 Å². The molecule has 0 unspecified atom stereocenters. The van der Waals surface area contributed by atoms with Crippen molar-refractivity contribution in [2.24, 2.45) is 0 Å². The van der Waals surface area contributed by atoms with Gasteiger partial charge in [0.2, 0.25) is 11.8 Å². The molecule has 0 saturated carbocycles. The summed E-state index contributed by atoms with van der Waals surface area (Å²) in [4.78, 5) is 21.6. The van der Waals surface area contributed by atoms with Gasteiger partial charge < -0.3 is 15.7 Å². The van der Waals surface area contributed by atoms with Gasteiger partial charge in [-0.2, -0.15) is 0 Å². The summed E-state index contributed by atoms with van der Waals surface area (Å²) in [5, 5.41) is 14.4. The molecule has 5 nitrogen and oxygen atoms in total. The van der Waals surface area contributed by atoms with Crippen LogP contribution in [0.25, 0.3) is 0 Å². The minimum absolute atomic E-state index is 0.120. The minimum Gasteiger partial charge on any atom is -0.389 e. The second-order valence-corrected chi connectivity index (χ2v) is 4.05. The van der Waals surface area contributed by atoms with Crippen molar-refractivity contribution in [3.8, 4) is 0 Å². The largest absolute Gasteiger partial charge is 0.389 e. The monoisotopic (exact) mass is 426 g/mol. The first-order chi connectivity index (χ1) is 6.60. The quantitative estimate of drug-likeness (QED) is 0.394. The fourth-order valence-electron chi connectivity index (χ4n) is 0.630. The lowest BCUT2D eigenvalue weighted by atomic mass is 10.3. The highest BCUT2D eigenvalue weighted by Crippen LogP contribution is 1.84. The van der Waals surface area contributed by atoms with Crippen LogP contribution in [0.5, 0.6) is 0 Å². The second kappa shape index (κ2) is 8.65. The number of alkyl halides is 2. The molecule has 0 aliphatic heterocycles. The number of hydrogen-bond acceptors (Lipinski definition) is 3. The van der Waals surface area contributed by atoms with E-state index in [0.29, 0.717) is 8.86 Å². The van der Waals surface area contributed by atoms with E-state index < -0.39 is 6.10 Å². The van der Waals surface area contributed by atoms with E-state index in [1.807, 2.05) is 45.2 Å². The maximum absolute atomic E-state index is 10.8. The SMILES string of the molecule is O=C(CI)NCC(O)CNC(=O)CI. The minimum atomic E-state index is -0.728. The summed E-state index contributed by atoms with van der Waals surface area (Å²) >= 11 is 3.87. The molecule has 0 aromatic heterocycles. The third kappa shape index (κ3) is 7.74. The zero-order chi connectivity index (χ0) is 11.0. The number of carbonyl (C=O) groups excluding carboxylic acids is 2. The Morgan fingerprint density at radius 2 is 1.43 bits per heavy atom. The summed E-state index contributed by atoms with van der Waals surface area (Å²) in [7, 11) is 0. The van der Waals surface area contributed by atoms with Gasteiger partial charge in [-0.3, -0.25) is 9.59 Å². The lowest BCUT2D eigenvalue weighted by Gasteiger charge is -2.11. The molecule has 0 aromatic rings. The van der Waals surface area contributed by atoms with Crippen molar-refractivity contribution >= 4 is 57.0 Å². The molecule has 0 radical (unpaired) electrons. The predicted octanol–water partition coefficient (Wildman–Crippen LogP) is -0.550. The molecule has 0 saturated heterocycles. The summed E-state index contributed by atoms with van der Waals surface area (Å²) in [5.74, 6) is -0.241. The van der Waals surface area contributed by atoms with E-state index in [1.54, 1.807) is 0 Å². The van der Waals surface area contributed by atoms with Gasteiger partial charge in [0.1, 0.15) is 0 Å². The van der Waals surface area contributed by atoms with Crippen molar-refractivity contribution < 1.29 is 14.7 Å². The molecule has 0 spiro atoms. The van der Waals surface area contributed by atoms with Crippen LogP contribution in [0.2, 0.25) is 0 Å². The van der Waals surface area contributed by atoms with Crippen LogP contribution in [0.4, 0.5) is 0 Å². The van der Waals surface area contributed by atoms with Crippen LogP contribution in [0.3, 0.4) is 0 Å². The molecule has 3 N–H and O–H groups in total. The Morgan fingerprint density at radius 1 is 1.07 bits per heavy atom. The van der Waals surface area contributed by atoms with Crippen molar-refractivity contribution in [3.05, 3.63) is 0 Å². The number of aliphatic hydroxyl groups excluding tert-OH is 1. The van der Waals surface area contributed by atoms with Crippen LogP contribution in [0.15, 0.2) is 0 Å². The molecule has 0 heterocycles. The van der Waals surface area contributed by atoms with Crippen molar-refractivity contribution in [3.63, 3.8) is 0 Å². The van der Waals surface area contributed by atoms with Gasteiger partial charge in [-0.05, 0) is 0 Å². The fraction of sp³-hybridized carbons (Fsp3) is 0.714.